The van der Waals surface area contributed by atoms with Crippen LogP contribution < -0.4 is 19.5 Å². The standard InChI is InChI=1S/C13H13ClFN3O3/c1-19-9-4-7(5-10(20-2)11(9)21-3)17-12-8(15)6-16-13(14)18-12/h4-6H,1-3H3,(H,16,17,18). The van der Waals surface area contributed by atoms with Crippen LogP contribution in [-0.4, -0.2) is 31.3 Å². The van der Waals surface area contributed by atoms with Gasteiger partial charge in [0.05, 0.1) is 27.5 Å². The van der Waals surface area contributed by atoms with E-state index in [2.05, 4.69) is 15.3 Å². The molecule has 0 atom stereocenters. The molecule has 2 rings (SSSR count). The Hall–Kier alpha value is -2.28. The van der Waals surface area contributed by atoms with Gasteiger partial charge in [0.1, 0.15) is 0 Å². The second kappa shape index (κ2) is 6.45. The van der Waals surface area contributed by atoms with Gasteiger partial charge in [-0.15, -0.1) is 0 Å². The zero-order valence-corrected chi connectivity index (χ0v) is 12.4. The normalized spacial score (nSPS) is 10.1. The van der Waals surface area contributed by atoms with Crippen molar-refractivity contribution < 1.29 is 18.6 Å². The first-order valence-electron chi connectivity index (χ1n) is 5.84. The number of nitrogens with one attached hydrogen (secondary N) is 1. The predicted octanol–water partition coefficient (Wildman–Crippen LogP) is 3.04. The second-order valence-electron chi connectivity index (χ2n) is 3.87. The number of nitrogens with zero attached hydrogens (tertiary/aromatic N) is 2. The SMILES string of the molecule is COc1cc(Nc2nc(Cl)ncc2F)cc(OC)c1OC. The molecular weight excluding hydrogens is 301 g/mol. The molecule has 0 amide bonds. The van der Waals surface area contributed by atoms with Crippen LogP contribution in [0.3, 0.4) is 0 Å². The van der Waals surface area contributed by atoms with E-state index in [1.807, 2.05) is 0 Å². The molecule has 6 nitrogen and oxygen atoms in total. The first-order valence-corrected chi connectivity index (χ1v) is 6.22. The highest BCUT2D eigenvalue weighted by Gasteiger charge is 2.14. The largest absolute Gasteiger partial charge is 0.493 e. The third-order valence-electron chi connectivity index (χ3n) is 2.64. The summed E-state index contributed by atoms with van der Waals surface area (Å²) in [4.78, 5) is 7.32. The smallest absolute Gasteiger partial charge is 0.224 e. The summed E-state index contributed by atoms with van der Waals surface area (Å²) in [6.45, 7) is 0. The Morgan fingerprint density at radius 2 is 1.71 bits per heavy atom. The molecule has 1 aromatic heterocycles. The van der Waals surface area contributed by atoms with Crippen molar-refractivity contribution in [2.45, 2.75) is 0 Å². The first-order chi connectivity index (χ1) is 10.1. The summed E-state index contributed by atoms with van der Waals surface area (Å²) in [6.07, 6.45) is 0.982. The van der Waals surface area contributed by atoms with E-state index in [-0.39, 0.29) is 11.1 Å². The Bertz CT molecular complexity index is 630. The van der Waals surface area contributed by atoms with Gasteiger partial charge < -0.3 is 19.5 Å². The average Bonchev–Trinajstić information content (AvgIpc) is 2.49. The highest BCUT2D eigenvalue weighted by Crippen LogP contribution is 2.40. The van der Waals surface area contributed by atoms with Crippen LogP contribution in [0.25, 0.3) is 0 Å². The van der Waals surface area contributed by atoms with Crippen molar-refractivity contribution >= 4 is 23.1 Å². The molecule has 0 unspecified atom stereocenters. The number of halogens is 2. The number of hydrogen-bond acceptors (Lipinski definition) is 6. The molecule has 1 N–H and O–H groups in total. The van der Waals surface area contributed by atoms with Crippen molar-refractivity contribution in [2.24, 2.45) is 0 Å². The van der Waals surface area contributed by atoms with E-state index >= 15 is 0 Å². The number of hydrogen-bond donors (Lipinski definition) is 1. The molecule has 0 aliphatic heterocycles. The predicted molar refractivity (Wildman–Crippen MR) is 76.4 cm³/mol. The lowest BCUT2D eigenvalue weighted by atomic mass is 10.2. The van der Waals surface area contributed by atoms with E-state index in [0.717, 1.165) is 6.20 Å². The highest BCUT2D eigenvalue weighted by atomic mass is 35.5. The number of methoxy groups -OCH3 is 3. The molecule has 1 aromatic carbocycles. The molecule has 1 heterocycles. The van der Waals surface area contributed by atoms with Gasteiger partial charge in [-0.3, -0.25) is 0 Å². The molecule has 0 radical (unpaired) electrons. The molecule has 112 valence electrons. The van der Waals surface area contributed by atoms with Crippen LogP contribution in [0.2, 0.25) is 5.28 Å². The zero-order chi connectivity index (χ0) is 15.4. The molecule has 0 spiro atoms. The van der Waals surface area contributed by atoms with Crippen LogP contribution in [0.5, 0.6) is 17.2 Å². The van der Waals surface area contributed by atoms with E-state index in [9.17, 15) is 4.39 Å². The third kappa shape index (κ3) is 3.25. The maximum absolute atomic E-state index is 13.6. The van der Waals surface area contributed by atoms with Gasteiger partial charge >= 0.3 is 0 Å². The highest BCUT2D eigenvalue weighted by molar-refractivity contribution is 6.28. The average molecular weight is 314 g/mol. The fourth-order valence-corrected chi connectivity index (χ4v) is 1.86. The molecule has 8 heteroatoms. The van der Waals surface area contributed by atoms with Crippen molar-refractivity contribution in [1.29, 1.82) is 0 Å². The lowest BCUT2D eigenvalue weighted by Crippen LogP contribution is -2.01. The van der Waals surface area contributed by atoms with Gasteiger partial charge in [-0.2, -0.15) is 4.98 Å². The minimum absolute atomic E-state index is 0.0516. The van der Waals surface area contributed by atoms with Gasteiger partial charge in [-0.1, -0.05) is 0 Å². The Balaban J connectivity index is 2.42. The minimum atomic E-state index is -0.631. The van der Waals surface area contributed by atoms with Gasteiger partial charge in [-0.05, 0) is 11.6 Å². The molecule has 0 bridgehead atoms. The fourth-order valence-electron chi connectivity index (χ4n) is 1.72. The second-order valence-corrected chi connectivity index (χ2v) is 4.21. The number of ether oxygens (including phenoxy) is 3. The van der Waals surface area contributed by atoms with Crippen LogP contribution in [0, 0.1) is 5.82 Å². The summed E-state index contributed by atoms with van der Waals surface area (Å²) in [5.74, 6) is 0.615. The summed E-state index contributed by atoms with van der Waals surface area (Å²) in [7, 11) is 4.48. The first kappa shape index (κ1) is 15.1. The Labute approximate surface area is 125 Å². The fraction of sp³-hybridized carbons (Fsp3) is 0.231. The van der Waals surface area contributed by atoms with E-state index in [1.165, 1.54) is 21.3 Å². The van der Waals surface area contributed by atoms with Crippen LogP contribution in [0.4, 0.5) is 15.9 Å². The lowest BCUT2D eigenvalue weighted by molar-refractivity contribution is 0.324. The minimum Gasteiger partial charge on any atom is -0.493 e. The molecule has 0 aliphatic carbocycles. The Morgan fingerprint density at radius 3 is 2.24 bits per heavy atom. The quantitative estimate of drug-likeness (QED) is 0.856. The van der Waals surface area contributed by atoms with Crippen molar-refractivity contribution in [3.63, 3.8) is 0 Å². The monoisotopic (exact) mass is 313 g/mol. The number of benzene rings is 1. The maximum atomic E-state index is 13.6. The van der Waals surface area contributed by atoms with E-state index in [1.54, 1.807) is 12.1 Å². The maximum Gasteiger partial charge on any atom is 0.224 e. The summed E-state index contributed by atoms with van der Waals surface area (Å²) < 4.78 is 29.3. The van der Waals surface area contributed by atoms with Gasteiger partial charge in [0.15, 0.2) is 23.1 Å². The third-order valence-corrected chi connectivity index (χ3v) is 2.82. The van der Waals surface area contributed by atoms with E-state index in [4.69, 9.17) is 25.8 Å². The Morgan fingerprint density at radius 1 is 1.10 bits per heavy atom. The van der Waals surface area contributed by atoms with Crippen LogP contribution in [0.1, 0.15) is 0 Å². The van der Waals surface area contributed by atoms with Crippen LogP contribution in [-0.2, 0) is 0 Å². The van der Waals surface area contributed by atoms with Crippen molar-refractivity contribution in [2.75, 3.05) is 26.6 Å². The van der Waals surface area contributed by atoms with Gasteiger partial charge in [0, 0.05) is 17.8 Å². The van der Waals surface area contributed by atoms with E-state index in [0.29, 0.717) is 22.9 Å². The van der Waals surface area contributed by atoms with Gasteiger partial charge in [0.25, 0.3) is 0 Å². The van der Waals surface area contributed by atoms with Crippen LogP contribution in [0.15, 0.2) is 18.3 Å². The topological polar surface area (TPSA) is 65.5 Å². The van der Waals surface area contributed by atoms with Crippen molar-refractivity contribution in [3.05, 3.63) is 29.4 Å². The molecule has 0 fully saturated rings. The summed E-state index contributed by atoms with van der Waals surface area (Å²) in [6, 6.07) is 3.24. The number of anilines is 2. The summed E-state index contributed by atoms with van der Waals surface area (Å²) in [5, 5.41) is 2.72. The molecule has 0 saturated carbocycles. The Kier molecular flexibility index (Phi) is 4.64. The van der Waals surface area contributed by atoms with E-state index < -0.39 is 5.82 Å². The van der Waals surface area contributed by atoms with Crippen LogP contribution >= 0.6 is 11.6 Å². The molecule has 0 aliphatic rings. The van der Waals surface area contributed by atoms with Crippen molar-refractivity contribution in [3.8, 4) is 17.2 Å². The van der Waals surface area contributed by atoms with Gasteiger partial charge in [0.2, 0.25) is 11.0 Å². The van der Waals surface area contributed by atoms with Crippen molar-refractivity contribution in [1.82, 2.24) is 9.97 Å². The molecule has 0 saturated heterocycles. The number of rotatable bonds is 5. The molecular formula is C13H13ClFN3O3. The summed E-state index contributed by atoms with van der Waals surface area (Å²) in [5.41, 5.74) is 0.498. The molecule has 2 aromatic rings. The number of aromatic nitrogens is 2. The molecule has 21 heavy (non-hydrogen) atoms. The van der Waals surface area contributed by atoms with Gasteiger partial charge in [-0.25, -0.2) is 9.37 Å². The summed E-state index contributed by atoms with van der Waals surface area (Å²) >= 11 is 5.65. The lowest BCUT2D eigenvalue weighted by Gasteiger charge is -2.15. The zero-order valence-electron chi connectivity index (χ0n) is 11.6.